The highest BCUT2D eigenvalue weighted by molar-refractivity contribution is 6.07. The molecule has 0 bridgehead atoms. The Morgan fingerprint density at radius 1 is 1.35 bits per heavy atom. The maximum atomic E-state index is 12.9. The van der Waals surface area contributed by atoms with Crippen LogP contribution in [0.2, 0.25) is 0 Å². The molecule has 6 nitrogen and oxygen atoms in total. The predicted octanol–water partition coefficient (Wildman–Crippen LogP) is 0.516. The number of carbonyl (C=O) groups excluding carboxylic acids is 2. The van der Waals surface area contributed by atoms with Crippen molar-refractivity contribution in [2.45, 2.75) is 11.7 Å². The van der Waals surface area contributed by atoms with E-state index in [9.17, 15) is 22.8 Å². The van der Waals surface area contributed by atoms with Crippen LogP contribution >= 0.6 is 12.4 Å². The monoisotopic (exact) mass is 310 g/mol. The van der Waals surface area contributed by atoms with Crippen LogP contribution in [-0.4, -0.2) is 23.5 Å². The third-order valence-electron chi connectivity index (χ3n) is 2.77. The molecule has 110 valence electrons. The van der Waals surface area contributed by atoms with Crippen LogP contribution in [0.4, 0.5) is 18.0 Å². The highest BCUT2D eigenvalue weighted by Crippen LogP contribution is 2.36. The maximum Gasteiger partial charge on any atom is 0.418 e. The Morgan fingerprint density at radius 2 is 2.00 bits per heavy atom. The molecule has 1 atom stereocenters. The standard InChI is InChI=1S/C10H9F3N4O2.ClH/c11-10(12,13)5-2-1-3-15-6(5)9(4-14)7(18)16-8(19)17-9;/h1-3H,4,14H2,(H2,16,17,18,19);1H. The number of amides is 3. The second-order valence-electron chi connectivity index (χ2n) is 3.92. The fourth-order valence-corrected chi connectivity index (χ4v) is 1.87. The first-order valence-corrected chi connectivity index (χ1v) is 5.17. The summed E-state index contributed by atoms with van der Waals surface area (Å²) in [5.74, 6) is -0.954. The van der Waals surface area contributed by atoms with E-state index in [1.54, 1.807) is 0 Å². The van der Waals surface area contributed by atoms with Gasteiger partial charge in [0.25, 0.3) is 5.91 Å². The summed E-state index contributed by atoms with van der Waals surface area (Å²) >= 11 is 0. The van der Waals surface area contributed by atoms with Gasteiger partial charge in [-0.15, -0.1) is 12.4 Å². The number of nitrogens with zero attached hydrogens (tertiary/aromatic N) is 1. The smallest absolute Gasteiger partial charge is 0.327 e. The highest BCUT2D eigenvalue weighted by atomic mass is 35.5. The summed E-state index contributed by atoms with van der Waals surface area (Å²) in [4.78, 5) is 26.5. The van der Waals surface area contributed by atoms with Crippen molar-refractivity contribution in [3.05, 3.63) is 29.6 Å². The van der Waals surface area contributed by atoms with Crippen LogP contribution in [0.1, 0.15) is 11.3 Å². The van der Waals surface area contributed by atoms with Gasteiger partial charge < -0.3 is 11.1 Å². The molecular weight excluding hydrogens is 301 g/mol. The first kappa shape index (κ1) is 16.2. The molecule has 0 saturated carbocycles. The first-order valence-electron chi connectivity index (χ1n) is 5.17. The van der Waals surface area contributed by atoms with Crippen LogP contribution < -0.4 is 16.4 Å². The Morgan fingerprint density at radius 3 is 2.45 bits per heavy atom. The van der Waals surface area contributed by atoms with Crippen molar-refractivity contribution in [1.29, 1.82) is 0 Å². The number of nitrogens with two attached hydrogens (primary N) is 1. The maximum absolute atomic E-state index is 12.9. The van der Waals surface area contributed by atoms with Gasteiger partial charge in [0.05, 0.1) is 11.3 Å². The first-order chi connectivity index (χ1) is 8.81. The molecule has 1 aliphatic rings. The number of alkyl halides is 3. The Bertz CT molecular complexity index is 552. The van der Waals surface area contributed by atoms with Crippen molar-refractivity contribution in [3.8, 4) is 0 Å². The Balaban J connectivity index is 0.00000200. The summed E-state index contributed by atoms with van der Waals surface area (Å²) < 4.78 is 38.7. The minimum Gasteiger partial charge on any atom is -0.327 e. The van der Waals surface area contributed by atoms with Crippen molar-refractivity contribution >= 4 is 24.3 Å². The topological polar surface area (TPSA) is 97.1 Å². The largest absolute Gasteiger partial charge is 0.418 e. The average Bonchev–Trinajstić information content (AvgIpc) is 2.64. The van der Waals surface area contributed by atoms with E-state index in [0.29, 0.717) is 0 Å². The molecule has 1 unspecified atom stereocenters. The third kappa shape index (κ3) is 2.41. The number of nitrogens with one attached hydrogen (secondary N) is 2. The summed E-state index contributed by atoms with van der Waals surface area (Å²) in [5.41, 5.74) is 1.66. The van der Waals surface area contributed by atoms with Gasteiger partial charge in [0, 0.05) is 12.7 Å². The van der Waals surface area contributed by atoms with E-state index >= 15 is 0 Å². The van der Waals surface area contributed by atoms with Crippen molar-refractivity contribution in [2.75, 3.05) is 6.54 Å². The van der Waals surface area contributed by atoms with Crippen molar-refractivity contribution in [3.63, 3.8) is 0 Å². The van der Waals surface area contributed by atoms with E-state index < -0.39 is 41.5 Å². The van der Waals surface area contributed by atoms with Crippen LogP contribution in [0.25, 0.3) is 0 Å². The SMILES string of the molecule is Cl.NCC1(c2ncccc2C(F)(F)F)NC(=O)NC1=O. The van der Waals surface area contributed by atoms with Crippen LogP contribution in [0.15, 0.2) is 18.3 Å². The fraction of sp³-hybridized carbons (Fsp3) is 0.300. The molecule has 1 fully saturated rings. The minimum absolute atomic E-state index is 0. The van der Waals surface area contributed by atoms with Crippen LogP contribution in [0.5, 0.6) is 0 Å². The molecule has 1 aromatic rings. The highest BCUT2D eigenvalue weighted by Gasteiger charge is 2.52. The fourth-order valence-electron chi connectivity index (χ4n) is 1.87. The summed E-state index contributed by atoms with van der Waals surface area (Å²) in [6, 6.07) is 0.956. The normalized spacial score (nSPS) is 22.0. The minimum atomic E-state index is -4.71. The predicted molar refractivity (Wildman–Crippen MR) is 63.9 cm³/mol. The number of hydrogen-bond donors (Lipinski definition) is 3. The van der Waals surface area contributed by atoms with Crippen LogP contribution in [0.3, 0.4) is 0 Å². The van der Waals surface area contributed by atoms with E-state index in [1.165, 1.54) is 0 Å². The summed E-state index contributed by atoms with van der Waals surface area (Å²) in [6.07, 6.45) is -3.61. The van der Waals surface area contributed by atoms with Crippen molar-refractivity contribution < 1.29 is 22.8 Å². The molecule has 0 aromatic carbocycles. The van der Waals surface area contributed by atoms with Gasteiger partial charge in [-0.1, -0.05) is 0 Å². The van der Waals surface area contributed by atoms with E-state index in [4.69, 9.17) is 5.73 Å². The summed E-state index contributed by atoms with van der Waals surface area (Å²) in [5, 5.41) is 3.97. The zero-order valence-corrected chi connectivity index (χ0v) is 10.6. The average molecular weight is 311 g/mol. The zero-order chi connectivity index (χ0) is 14.3. The third-order valence-corrected chi connectivity index (χ3v) is 2.77. The van der Waals surface area contributed by atoms with E-state index in [-0.39, 0.29) is 12.4 Å². The van der Waals surface area contributed by atoms with Gasteiger partial charge in [0.2, 0.25) is 0 Å². The summed E-state index contributed by atoms with van der Waals surface area (Å²) in [6.45, 7) is -0.537. The quantitative estimate of drug-likeness (QED) is 0.694. The van der Waals surface area contributed by atoms with Gasteiger partial charge in [-0.05, 0) is 12.1 Å². The van der Waals surface area contributed by atoms with Crippen LogP contribution in [-0.2, 0) is 16.5 Å². The molecule has 0 radical (unpaired) electrons. The van der Waals surface area contributed by atoms with Crippen molar-refractivity contribution in [1.82, 2.24) is 15.6 Å². The van der Waals surface area contributed by atoms with Gasteiger partial charge >= 0.3 is 12.2 Å². The Hall–Kier alpha value is -1.87. The molecule has 0 spiro atoms. The lowest BCUT2D eigenvalue weighted by Crippen LogP contribution is -2.51. The molecule has 1 saturated heterocycles. The van der Waals surface area contributed by atoms with E-state index in [2.05, 4.69) is 10.3 Å². The number of aromatic nitrogens is 1. The lowest BCUT2D eigenvalue weighted by atomic mass is 9.91. The molecule has 2 heterocycles. The number of halogens is 4. The van der Waals surface area contributed by atoms with Crippen LogP contribution in [0, 0.1) is 0 Å². The molecule has 10 heteroatoms. The van der Waals surface area contributed by atoms with E-state index in [1.807, 2.05) is 5.32 Å². The number of pyridine rings is 1. The molecular formula is C10H10ClF3N4O2. The zero-order valence-electron chi connectivity index (χ0n) is 9.82. The molecule has 20 heavy (non-hydrogen) atoms. The lowest BCUT2D eigenvalue weighted by molar-refractivity contribution is -0.139. The van der Waals surface area contributed by atoms with E-state index in [0.717, 1.165) is 18.3 Å². The second-order valence-corrected chi connectivity index (χ2v) is 3.92. The Kier molecular flexibility index (Phi) is 4.25. The van der Waals surface area contributed by atoms with Gasteiger partial charge in [0.15, 0.2) is 5.54 Å². The lowest BCUT2D eigenvalue weighted by Gasteiger charge is -2.26. The van der Waals surface area contributed by atoms with Gasteiger partial charge in [-0.25, -0.2) is 4.79 Å². The van der Waals surface area contributed by atoms with Gasteiger partial charge in [-0.3, -0.25) is 15.1 Å². The molecule has 3 amide bonds. The molecule has 0 aliphatic carbocycles. The number of rotatable bonds is 2. The van der Waals surface area contributed by atoms with Crippen molar-refractivity contribution in [2.24, 2.45) is 5.73 Å². The molecule has 2 rings (SSSR count). The molecule has 4 N–H and O–H groups in total. The molecule has 1 aromatic heterocycles. The van der Waals surface area contributed by atoms with Gasteiger partial charge in [-0.2, -0.15) is 13.2 Å². The number of carbonyl (C=O) groups is 2. The van der Waals surface area contributed by atoms with Gasteiger partial charge in [0.1, 0.15) is 0 Å². The molecule has 1 aliphatic heterocycles. The second kappa shape index (κ2) is 5.25. The number of imide groups is 1. The number of hydrogen-bond acceptors (Lipinski definition) is 4. The summed E-state index contributed by atoms with van der Waals surface area (Å²) in [7, 11) is 0. The Labute approximate surface area is 117 Å². The number of urea groups is 1.